The topological polar surface area (TPSA) is 71.7 Å². The minimum absolute atomic E-state index is 0.110. The van der Waals surface area contributed by atoms with Gasteiger partial charge in [-0.25, -0.2) is 0 Å². The first kappa shape index (κ1) is 14.5. The zero-order valence-electron chi connectivity index (χ0n) is 12.8. The lowest BCUT2D eigenvalue weighted by atomic mass is 10.1. The molecule has 7 heteroatoms. The first-order chi connectivity index (χ1) is 10.1. The third-order valence-electron chi connectivity index (χ3n) is 4.42. The number of likely N-dealkylation sites (N-methyl/N-ethyl adjacent to an activating group) is 2. The van der Waals surface area contributed by atoms with Crippen LogP contribution in [-0.2, 0) is 14.9 Å². The van der Waals surface area contributed by atoms with Gasteiger partial charge in [0, 0.05) is 19.6 Å². The van der Waals surface area contributed by atoms with Crippen LogP contribution < -0.4 is 0 Å². The normalized spacial score (nSPS) is 25.8. The van der Waals surface area contributed by atoms with E-state index in [4.69, 9.17) is 9.26 Å². The van der Waals surface area contributed by atoms with E-state index in [-0.39, 0.29) is 12.0 Å². The lowest BCUT2D eigenvalue weighted by Crippen LogP contribution is -2.45. The molecule has 1 aromatic rings. The van der Waals surface area contributed by atoms with E-state index in [1.165, 1.54) is 0 Å². The summed E-state index contributed by atoms with van der Waals surface area (Å²) in [5.74, 6) is 0.835. The van der Waals surface area contributed by atoms with Crippen molar-refractivity contribution >= 4 is 5.97 Å². The first-order valence-electron chi connectivity index (χ1n) is 7.47. The predicted octanol–water partition coefficient (Wildman–Crippen LogP) is 0.583. The molecule has 0 amide bonds. The average molecular weight is 294 g/mol. The van der Waals surface area contributed by atoms with Crippen molar-refractivity contribution in [3.8, 4) is 0 Å². The summed E-state index contributed by atoms with van der Waals surface area (Å²) < 4.78 is 10.5. The highest BCUT2D eigenvalue weighted by atomic mass is 16.5. The van der Waals surface area contributed by atoms with Gasteiger partial charge in [-0.15, -0.1) is 0 Å². The molecule has 1 aromatic heterocycles. The number of nitrogens with zero attached hydrogens (tertiary/aromatic N) is 4. The largest absolute Gasteiger partial charge is 0.465 e. The Morgan fingerprint density at radius 2 is 2.19 bits per heavy atom. The van der Waals surface area contributed by atoms with Crippen molar-refractivity contribution in [2.45, 2.75) is 31.2 Å². The van der Waals surface area contributed by atoms with E-state index in [1.54, 1.807) is 6.92 Å². The Balaban J connectivity index is 1.79. The van der Waals surface area contributed by atoms with Crippen molar-refractivity contribution in [2.75, 3.05) is 40.3 Å². The number of hydrogen-bond acceptors (Lipinski definition) is 7. The van der Waals surface area contributed by atoms with Crippen molar-refractivity contribution in [1.82, 2.24) is 19.9 Å². The smallest absolute Gasteiger partial charge is 0.321 e. The van der Waals surface area contributed by atoms with Gasteiger partial charge >= 0.3 is 5.97 Å². The summed E-state index contributed by atoms with van der Waals surface area (Å²) in [5.41, 5.74) is -0.680. The molecule has 0 aromatic carbocycles. The number of ether oxygens (including phenoxy) is 1. The van der Waals surface area contributed by atoms with E-state index in [0.717, 1.165) is 32.5 Å². The molecule has 1 aliphatic carbocycles. The SMILES string of the molecule is CCOC(=O)C1(c2nc(C3CN(C)CCN3C)no2)CC1. The Hall–Kier alpha value is -1.47. The van der Waals surface area contributed by atoms with Crippen LogP contribution in [0.2, 0.25) is 0 Å². The average Bonchev–Trinajstić information content (AvgIpc) is 3.13. The molecule has 7 nitrogen and oxygen atoms in total. The zero-order chi connectivity index (χ0) is 15.0. The fourth-order valence-corrected chi connectivity index (χ4v) is 2.75. The number of esters is 1. The van der Waals surface area contributed by atoms with Gasteiger partial charge in [-0.3, -0.25) is 9.69 Å². The highest BCUT2D eigenvalue weighted by Crippen LogP contribution is 2.48. The summed E-state index contributed by atoms with van der Waals surface area (Å²) in [6, 6.07) is 0.110. The molecule has 3 rings (SSSR count). The van der Waals surface area contributed by atoms with Crippen LogP contribution in [-0.4, -0.2) is 66.2 Å². The maximum atomic E-state index is 12.1. The van der Waals surface area contributed by atoms with E-state index >= 15 is 0 Å². The first-order valence-corrected chi connectivity index (χ1v) is 7.47. The summed E-state index contributed by atoms with van der Waals surface area (Å²) in [4.78, 5) is 21.0. The molecule has 2 heterocycles. The molecule has 0 radical (unpaired) electrons. The van der Waals surface area contributed by atoms with E-state index in [1.807, 2.05) is 0 Å². The molecule has 2 aliphatic rings. The quantitative estimate of drug-likeness (QED) is 0.752. The van der Waals surface area contributed by atoms with Crippen LogP contribution in [0.4, 0.5) is 0 Å². The third kappa shape index (κ3) is 2.55. The molecule has 2 fully saturated rings. The fraction of sp³-hybridized carbons (Fsp3) is 0.786. The Morgan fingerprint density at radius 3 is 2.86 bits per heavy atom. The van der Waals surface area contributed by atoms with Crippen LogP contribution in [0.1, 0.15) is 37.5 Å². The predicted molar refractivity (Wildman–Crippen MR) is 74.7 cm³/mol. The zero-order valence-corrected chi connectivity index (χ0v) is 12.8. The van der Waals surface area contributed by atoms with Gasteiger partial charge in [-0.2, -0.15) is 4.98 Å². The Labute approximate surface area is 124 Å². The van der Waals surface area contributed by atoms with Gasteiger partial charge in [0.15, 0.2) is 5.82 Å². The van der Waals surface area contributed by atoms with Crippen LogP contribution >= 0.6 is 0 Å². The van der Waals surface area contributed by atoms with E-state index in [0.29, 0.717) is 18.3 Å². The van der Waals surface area contributed by atoms with Gasteiger partial charge in [-0.05, 0) is 33.9 Å². The molecule has 1 aliphatic heterocycles. The fourth-order valence-electron chi connectivity index (χ4n) is 2.75. The van der Waals surface area contributed by atoms with Crippen LogP contribution in [0, 0.1) is 0 Å². The van der Waals surface area contributed by atoms with Crippen molar-refractivity contribution in [3.63, 3.8) is 0 Å². The van der Waals surface area contributed by atoms with Crippen molar-refractivity contribution < 1.29 is 14.1 Å². The molecule has 1 saturated carbocycles. The summed E-state index contributed by atoms with van der Waals surface area (Å²) >= 11 is 0. The number of carbonyl (C=O) groups is 1. The number of rotatable bonds is 4. The Kier molecular flexibility index (Phi) is 3.71. The van der Waals surface area contributed by atoms with E-state index in [2.05, 4.69) is 34.0 Å². The third-order valence-corrected chi connectivity index (χ3v) is 4.42. The monoisotopic (exact) mass is 294 g/mol. The van der Waals surface area contributed by atoms with Crippen LogP contribution in [0.5, 0.6) is 0 Å². The second-order valence-corrected chi connectivity index (χ2v) is 6.02. The minimum atomic E-state index is -0.680. The van der Waals surface area contributed by atoms with Crippen LogP contribution in [0.15, 0.2) is 4.52 Å². The highest BCUT2D eigenvalue weighted by Gasteiger charge is 2.57. The number of hydrogen-bond donors (Lipinski definition) is 0. The van der Waals surface area contributed by atoms with Crippen LogP contribution in [0.25, 0.3) is 0 Å². The minimum Gasteiger partial charge on any atom is -0.465 e. The molecule has 1 atom stereocenters. The maximum Gasteiger partial charge on any atom is 0.321 e. The number of piperazine rings is 1. The second kappa shape index (κ2) is 5.38. The van der Waals surface area contributed by atoms with Gasteiger partial charge in [0.25, 0.3) is 0 Å². The van der Waals surface area contributed by atoms with Crippen LogP contribution in [0.3, 0.4) is 0 Å². The molecule has 1 saturated heterocycles. The number of aromatic nitrogens is 2. The highest BCUT2D eigenvalue weighted by molar-refractivity contribution is 5.85. The maximum absolute atomic E-state index is 12.1. The van der Waals surface area contributed by atoms with Gasteiger partial charge < -0.3 is 14.2 Å². The van der Waals surface area contributed by atoms with Gasteiger partial charge in [0.05, 0.1) is 12.6 Å². The van der Waals surface area contributed by atoms with Crippen molar-refractivity contribution in [2.24, 2.45) is 0 Å². The molecule has 0 spiro atoms. The molecule has 21 heavy (non-hydrogen) atoms. The number of carbonyl (C=O) groups excluding carboxylic acids is 1. The summed E-state index contributed by atoms with van der Waals surface area (Å²) in [6.45, 7) is 5.04. The molecule has 1 unspecified atom stereocenters. The summed E-state index contributed by atoms with van der Waals surface area (Å²) in [7, 11) is 4.15. The molecule has 0 bridgehead atoms. The van der Waals surface area contributed by atoms with Gasteiger partial charge in [0.2, 0.25) is 5.89 Å². The molecular formula is C14H22N4O3. The lowest BCUT2D eigenvalue weighted by molar-refractivity contribution is -0.146. The summed E-state index contributed by atoms with van der Waals surface area (Å²) in [6.07, 6.45) is 1.46. The van der Waals surface area contributed by atoms with E-state index in [9.17, 15) is 4.79 Å². The molecule has 0 N–H and O–H groups in total. The lowest BCUT2D eigenvalue weighted by Gasteiger charge is -2.35. The Bertz CT molecular complexity index is 526. The molecular weight excluding hydrogens is 272 g/mol. The Morgan fingerprint density at radius 1 is 1.43 bits per heavy atom. The van der Waals surface area contributed by atoms with Crippen molar-refractivity contribution in [3.05, 3.63) is 11.7 Å². The van der Waals surface area contributed by atoms with Gasteiger partial charge in [0.1, 0.15) is 5.41 Å². The van der Waals surface area contributed by atoms with Gasteiger partial charge in [-0.1, -0.05) is 5.16 Å². The second-order valence-electron chi connectivity index (χ2n) is 6.02. The summed E-state index contributed by atoms with van der Waals surface area (Å²) in [5, 5.41) is 4.11. The standard InChI is InChI=1S/C14H22N4O3/c1-4-20-13(19)14(5-6-14)12-15-11(16-21-12)10-9-17(2)7-8-18(10)3/h10H,4-9H2,1-3H3. The molecule has 116 valence electrons. The van der Waals surface area contributed by atoms with E-state index < -0.39 is 5.41 Å². The van der Waals surface area contributed by atoms with Crippen molar-refractivity contribution in [1.29, 1.82) is 0 Å².